The van der Waals surface area contributed by atoms with Gasteiger partial charge in [-0.1, -0.05) is 26.0 Å². The highest BCUT2D eigenvalue weighted by Gasteiger charge is 2.53. The average Bonchev–Trinajstić information content (AvgIpc) is 3.29. The van der Waals surface area contributed by atoms with Crippen molar-refractivity contribution in [1.29, 1.82) is 0 Å². The summed E-state index contributed by atoms with van der Waals surface area (Å²) in [5.41, 5.74) is 1.97. The van der Waals surface area contributed by atoms with Crippen LogP contribution in [0.4, 0.5) is 5.69 Å². The number of benzene rings is 1. The van der Waals surface area contributed by atoms with Gasteiger partial charge < -0.3 is 20.7 Å². The zero-order chi connectivity index (χ0) is 23.0. The van der Waals surface area contributed by atoms with E-state index in [0.29, 0.717) is 18.7 Å². The molecular weight excluding hydrogens is 404 g/mol. The Morgan fingerprint density at radius 3 is 2.75 bits per heavy atom. The standard InChI is InChI=1S/C24H36N6O2/c1-5-24(6-2)20(15-21(24)32-7-3)29-23(25-4)26-16-18-10-8-11-19(14-18)28-22(31)17-30-13-9-12-27-30/h8-14,20-21H,5-7,15-17H2,1-4H3,(H,28,31)(H2,25,26,29). The third-order valence-electron chi connectivity index (χ3n) is 6.54. The minimum absolute atomic E-state index is 0.111. The van der Waals surface area contributed by atoms with Crippen molar-refractivity contribution in [3.8, 4) is 0 Å². The zero-order valence-corrected chi connectivity index (χ0v) is 19.6. The van der Waals surface area contributed by atoms with Gasteiger partial charge in [0.15, 0.2) is 5.96 Å². The maximum Gasteiger partial charge on any atom is 0.246 e. The molecule has 1 amide bonds. The molecule has 0 saturated heterocycles. The van der Waals surface area contributed by atoms with Crippen LogP contribution in [0.2, 0.25) is 0 Å². The number of carbonyl (C=O) groups excluding carboxylic acids is 1. The normalized spacial score (nSPS) is 19.8. The van der Waals surface area contributed by atoms with Crippen molar-refractivity contribution in [3.63, 3.8) is 0 Å². The molecule has 1 heterocycles. The molecule has 2 unspecified atom stereocenters. The van der Waals surface area contributed by atoms with E-state index < -0.39 is 0 Å². The van der Waals surface area contributed by atoms with Crippen LogP contribution >= 0.6 is 0 Å². The van der Waals surface area contributed by atoms with Gasteiger partial charge >= 0.3 is 0 Å². The number of rotatable bonds is 10. The highest BCUT2D eigenvalue weighted by molar-refractivity contribution is 5.90. The summed E-state index contributed by atoms with van der Waals surface area (Å²) in [4.78, 5) is 16.6. The zero-order valence-electron chi connectivity index (χ0n) is 19.6. The lowest BCUT2D eigenvalue weighted by Crippen LogP contribution is -2.65. The predicted octanol–water partition coefficient (Wildman–Crippen LogP) is 3.17. The topological polar surface area (TPSA) is 92.6 Å². The van der Waals surface area contributed by atoms with E-state index >= 15 is 0 Å². The molecule has 32 heavy (non-hydrogen) atoms. The summed E-state index contributed by atoms with van der Waals surface area (Å²) >= 11 is 0. The molecule has 174 valence electrons. The van der Waals surface area contributed by atoms with Crippen LogP contribution in [-0.2, 0) is 22.6 Å². The summed E-state index contributed by atoms with van der Waals surface area (Å²) in [7, 11) is 1.79. The van der Waals surface area contributed by atoms with E-state index in [1.807, 2.05) is 24.3 Å². The van der Waals surface area contributed by atoms with Gasteiger partial charge in [0.05, 0.1) is 6.10 Å². The van der Waals surface area contributed by atoms with E-state index in [4.69, 9.17) is 4.74 Å². The molecular formula is C24H36N6O2. The number of nitrogens with one attached hydrogen (secondary N) is 3. The molecule has 3 N–H and O–H groups in total. The van der Waals surface area contributed by atoms with Crippen molar-refractivity contribution in [1.82, 2.24) is 20.4 Å². The van der Waals surface area contributed by atoms with Crippen LogP contribution in [0.3, 0.4) is 0 Å². The van der Waals surface area contributed by atoms with Crippen LogP contribution in [0.5, 0.6) is 0 Å². The smallest absolute Gasteiger partial charge is 0.246 e. The van der Waals surface area contributed by atoms with Gasteiger partial charge in [0.1, 0.15) is 6.54 Å². The maximum atomic E-state index is 12.2. The first-order valence-electron chi connectivity index (χ1n) is 11.5. The first kappa shape index (κ1) is 23.8. The van der Waals surface area contributed by atoms with Gasteiger partial charge in [-0.2, -0.15) is 5.10 Å². The number of aromatic nitrogens is 2. The molecule has 3 rings (SSSR count). The number of ether oxygens (including phenoxy) is 1. The Hall–Kier alpha value is -2.87. The largest absolute Gasteiger partial charge is 0.378 e. The number of nitrogens with zero attached hydrogens (tertiary/aromatic N) is 3. The molecule has 1 aliphatic rings. The molecule has 8 heteroatoms. The van der Waals surface area contributed by atoms with E-state index in [2.05, 4.69) is 46.8 Å². The molecule has 8 nitrogen and oxygen atoms in total. The van der Waals surface area contributed by atoms with Crippen molar-refractivity contribution in [2.24, 2.45) is 10.4 Å². The first-order chi connectivity index (χ1) is 15.5. The summed E-state index contributed by atoms with van der Waals surface area (Å²) < 4.78 is 7.58. The fraction of sp³-hybridized carbons (Fsp3) is 0.542. The van der Waals surface area contributed by atoms with Crippen LogP contribution in [-0.4, -0.2) is 47.4 Å². The predicted molar refractivity (Wildman–Crippen MR) is 127 cm³/mol. The molecule has 1 fully saturated rings. The highest BCUT2D eigenvalue weighted by atomic mass is 16.5. The lowest BCUT2D eigenvalue weighted by molar-refractivity contribution is -0.133. The van der Waals surface area contributed by atoms with Gasteiger partial charge in [0, 0.05) is 49.7 Å². The molecule has 2 aromatic rings. The molecule has 2 atom stereocenters. The van der Waals surface area contributed by atoms with Gasteiger partial charge in [-0.3, -0.25) is 14.5 Å². The minimum atomic E-state index is -0.111. The van der Waals surface area contributed by atoms with Gasteiger partial charge in [0.2, 0.25) is 5.91 Å². The van der Waals surface area contributed by atoms with Crippen LogP contribution in [0.25, 0.3) is 0 Å². The van der Waals surface area contributed by atoms with E-state index in [1.165, 1.54) is 0 Å². The Morgan fingerprint density at radius 1 is 1.28 bits per heavy atom. The monoisotopic (exact) mass is 440 g/mol. The van der Waals surface area contributed by atoms with Crippen LogP contribution in [0.15, 0.2) is 47.7 Å². The Balaban J connectivity index is 1.54. The number of hydrogen-bond acceptors (Lipinski definition) is 4. The third-order valence-corrected chi connectivity index (χ3v) is 6.54. The Labute approximate surface area is 190 Å². The molecule has 0 aliphatic heterocycles. The summed E-state index contributed by atoms with van der Waals surface area (Å²) in [5.74, 6) is 0.671. The fourth-order valence-electron chi connectivity index (χ4n) is 4.63. The SMILES string of the molecule is CCOC1CC(NC(=NC)NCc2cccc(NC(=O)Cn3cccn3)c2)C1(CC)CC. The lowest BCUT2D eigenvalue weighted by Gasteiger charge is -2.55. The molecule has 0 radical (unpaired) electrons. The second kappa shape index (κ2) is 11.1. The molecule has 1 aliphatic carbocycles. The number of anilines is 1. The quantitative estimate of drug-likeness (QED) is 0.390. The van der Waals surface area contributed by atoms with E-state index in [-0.39, 0.29) is 17.9 Å². The van der Waals surface area contributed by atoms with E-state index in [0.717, 1.165) is 43.1 Å². The van der Waals surface area contributed by atoms with Crippen LogP contribution in [0, 0.1) is 5.41 Å². The van der Waals surface area contributed by atoms with Crippen molar-refractivity contribution < 1.29 is 9.53 Å². The third kappa shape index (κ3) is 5.48. The van der Waals surface area contributed by atoms with Gasteiger partial charge in [-0.15, -0.1) is 0 Å². The van der Waals surface area contributed by atoms with Crippen molar-refractivity contribution in [3.05, 3.63) is 48.3 Å². The summed E-state index contributed by atoms with van der Waals surface area (Å²) in [6.07, 6.45) is 6.87. The number of hydrogen-bond donors (Lipinski definition) is 3. The Kier molecular flexibility index (Phi) is 8.27. The second-order valence-electron chi connectivity index (χ2n) is 8.19. The van der Waals surface area contributed by atoms with E-state index in [9.17, 15) is 4.79 Å². The number of aliphatic imine (C=N–C) groups is 1. The van der Waals surface area contributed by atoms with Gasteiger partial charge in [-0.05, 0) is 49.9 Å². The summed E-state index contributed by atoms with van der Waals surface area (Å²) in [6.45, 7) is 8.09. The van der Waals surface area contributed by atoms with Gasteiger partial charge in [0.25, 0.3) is 0 Å². The Morgan fingerprint density at radius 2 is 2.09 bits per heavy atom. The first-order valence-corrected chi connectivity index (χ1v) is 11.5. The molecule has 0 spiro atoms. The number of amides is 1. The molecule has 1 aromatic heterocycles. The summed E-state index contributed by atoms with van der Waals surface area (Å²) in [6, 6.07) is 9.96. The lowest BCUT2D eigenvalue weighted by atomic mass is 9.58. The molecule has 0 bridgehead atoms. The maximum absolute atomic E-state index is 12.2. The number of guanidine groups is 1. The van der Waals surface area contributed by atoms with Crippen molar-refractivity contribution in [2.45, 2.75) is 65.3 Å². The van der Waals surface area contributed by atoms with Crippen molar-refractivity contribution in [2.75, 3.05) is 19.0 Å². The van der Waals surface area contributed by atoms with Crippen LogP contribution < -0.4 is 16.0 Å². The van der Waals surface area contributed by atoms with Gasteiger partial charge in [-0.25, -0.2) is 0 Å². The van der Waals surface area contributed by atoms with Crippen molar-refractivity contribution >= 4 is 17.6 Å². The number of carbonyl (C=O) groups is 1. The van der Waals surface area contributed by atoms with E-state index in [1.54, 1.807) is 30.2 Å². The second-order valence-corrected chi connectivity index (χ2v) is 8.19. The van der Waals surface area contributed by atoms with Crippen LogP contribution in [0.1, 0.15) is 45.6 Å². The molecule has 1 aromatic carbocycles. The summed E-state index contributed by atoms with van der Waals surface area (Å²) in [5, 5.41) is 14.0. The Bertz CT molecular complexity index is 892. The highest BCUT2D eigenvalue weighted by Crippen LogP contribution is 2.48. The minimum Gasteiger partial charge on any atom is -0.378 e. The fourth-order valence-corrected chi connectivity index (χ4v) is 4.63. The average molecular weight is 441 g/mol. The molecule has 1 saturated carbocycles.